The van der Waals surface area contributed by atoms with Crippen LogP contribution in [0.25, 0.3) is 6.08 Å². The summed E-state index contributed by atoms with van der Waals surface area (Å²) in [7, 11) is 0. The lowest BCUT2D eigenvalue weighted by Gasteiger charge is -2.23. The maximum Gasteiger partial charge on any atom is 0.341 e. The number of aliphatic carboxylic acids is 1. The largest absolute Gasteiger partial charge is 0.481 e. The molecule has 2 fully saturated rings. The molecule has 3 rings (SSSR count). The number of hydrogen-bond donors (Lipinski definition) is 2. The van der Waals surface area contributed by atoms with Crippen LogP contribution in [0.15, 0.2) is 29.2 Å². The zero-order valence-electron chi connectivity index (χ0n) is 15.1. The number of amides is 2. The third-order valence-electron chi connectivity index (χ3n) is 4.55. The molecule has 1 heterocycles. The highest BCUT2D eigenvalue weighted by Gasteiger charge is 2.35. The van der Waals surface area contributed by atoms with Crippen molar-refractivity contribution >= 4 is 52.2 Å². The van der Waals surface area contributed by atoms with Gasteiger partial charge in [-0.3, -0.25) is 15.0 Å². The van der Waals surface area contributed by atoms with E-state index in [4.69, 9.17) is 22.1 Å². The van der Waals surface area contributed by atoms with Crippen LogP contribution < -0.4 is 10.2 Å². The Morgan fingerprint density at radius 2 is 2.00 bits per heavy atom. The lowest BCUT2D eigenvalue weighted by molar-refractivity contribution is -0.139. The number of rotatable bonds is 6. The van der Waals surface area contributed by atoms with E-state index in [1.165, 1.54) is 0 Å². The third-order valence-corrected chi connectivity index (χ3v) is 5.85. The number of carbonyl (C=O) groups excluding carboxylic acids is 2. The summed E-state index contributed by atoms with van der Waals surface area (Å²) in [5, 5.41) is 9.90. The first-order valence-electron chi connectivity index (χ1n) is 8.98. The Bertz CT molecular complexity index is 833. The fourth-order valence-corrected chi connectivity index (χ4v) is 4.31. The zero-order chi connectivity index (χ0) is 20.1. The standard InChI is InChI=1S/C19H20N2O5S2/c22-16(23)11-26-14-9-5-4-8-13(14)10-15-18(25)21(19(27)28-15)20-17(24)12-6-2-1-3-7-12/h4-5,8-10,12H,1-3,6-7,11H2,(H,20,24)(H,22,23)/b15-10+. The number of hydrogen-bond acceptors (Lipinski definition) is 6. The predicted octanol–water partition coefficient (Wildman–Crippen LogP) is 2.96. The van der Waals surface area contributed by atoms with Gasteiger partial charge in [0.1, 0.15) is 5.75 Å². The van der Waals surface area contributed by atoms with E-state index in [-0.39, 0.29) is 16.1 Å². The fraction of sp³-hybridized carbons (Fsp3) is 0.368. The van der Waals surface area contributed by atoms with Gasteiger partial charge in [0.05, 0.1) is 4.91 Å². The first kappa shape index (κ1) is 20.3. The predicted molar refractivity (Wildman–Crippen MR) is 109 cm³/mol. The molecule has 1 aromatic carbocycles. The second kappa shape index (κ2) is 9.20. The van der Waals surface area contributed by atoms with E-state index in [0.29, 0.717) is 16.2 Å². The van der Waals surface area contributed by atoms with E-state index in [0.717, 1.165) is 48.9 Å². The van der Waals surface area contributed by atoms with Gasteiger partial charge in [0.25, 0.3) is 5.91 Å². The summed E-state index contributed by atoms with van der Waals surface area (Å²) in [5.74, 6) is -1.42. The van der Waals surface area contributed by atoms with Gasteiger partial charge >= 0.3 is 5.97 Å². The van der Waals surface area contributed by atoms with Crippen molar-refractivity contribution in [3.63, 3.8) is 0 Å². The Kier molecular flexibility index (Phi) is 6.69. The van der Waals surface area contributed by atoms with E-state index in [1.54, 1.807) is 30.3 Å². The minimum absolute atomic E-state index is 0.0903. The van der Waals surface area contributed by atoms with Crippen LogP contribution in [-0.2, 0) is 14.4 Å². The maximum absolute atomic E-state index is 12.7. The van der Waals surface area contributed by atoms with Gasteiger partial charge in [-0.2, -0.15) is 5.01 Å². The summed E-state index contributed by atoms with van der Waals surface area (Å²) in [5.41, 5.74) is 3.21. The van der Waals surface area contributed by atoms with Crippen LogP contribution in [0.4, 0.5) is 0 Å². The monoisotopic (exact) mass is 420 g/mol. The van der Waals surface area contributed by atoms with E-state index in [2.05, 4.69) is 5.43 Å². The van der Waals surface area contributed by atoms with Gasteiger partial charge < -0.3 is 9.84 Å². The minimum atomic E-state index is -1.09. The number of thioether (sulfide) groups is 1. The van der Waals surface area contributed by atoms with E-state index < -0.39 is 18.5 Å². The molecule has 0 spiro atoms. The molecule has 2 N–H and O–H groups in total. The molecule has 0 bridgehead atoms. The third kappa shape index (κ3) is 4.90. The van der Waals surface area contributed by atoms with Gasteiger partial charge in [0.15, 0.2) is 10.9 Å². The van der Waals surface area contributed by atoms with Crippen LogP contribution in [-0.4, -0.2) is 38.8 Å². The van der Waals surface area contributed by atoms with Crippen molar-refractivity contribution in [1.29, 1.82) is 0 Å². The highest BCUT2D eigenvalue weighted by Crippen LogP contribution is 2.34. The molecular weight excluding hydrogens is 400 g/mol. The van der Waals surface area contributed by atoms with Gasteiger partial charge in [-0.05, 0) is 37.2 Å². The molecule has 9 heteroatoms. The number of carbonyl (C=O) groups is 3. The number of nitrogens with zero attached hydrogens (tertiary/aromatic N) is 1. The first-order valence-corrected chi connectivity index (χ1v) is 10.2. The van der Waals surface area contributed by atoms with Gasteiger partial charge in [0, 0.05) is 11.5 Å². The molecule has 1 aromatic rings. The zero-order valence-corrected chi connectivity index (χ0v) is 16.7. The SMILES string of the molecule is O=C(O)COc1ccccc1/C=C1/SC(=S)N(NC(=O)C2CCCCC2)C1=O. The van der Waals surface area contributed by atoms with Gasteiger partial charge in [0.2, 0.25) is 5.91 Å². The molecule has 1 saturated carbocycles. The van der Waals surface area contributed by atoms with Crippen LogP contribution in [0.3, 0.4) is 0 Å². The Hall–Kier alpha value is -2.39. The van der Waals surface area contributed by atoms with Crippen molar-refractivity contribution in [2.75, 3.05) is 6.61 Å². The Morgan fingerprint density at radius 1 is 1.29 bits per heavy atom. The normalized spacial score (nSPS) is 19.1. The molecular formula is C19H20N2O5S2. The number of carboxylic acids is 1. The second-order valence-electron chi connectivity index (χ2n) is 6.55. The lowest BCUT2D eigenvalue weighted by atomic mass is 9.89. The van der Waals surface area contributed by atoms with Crippen molar-refractivity contribution in [2.24, 2.45) is 5.92 Å². The minimum Gasteiger partial charge on any atom is -0.481 e. The average Bonchev–Trinajstić information content (AvgIpc) is 2.95. The van der Waals surface area contributed by atoms with Gasteiger partial charge in [-0.1, -0.05) is 49.2 Å². The smallest absolute Gasteiger partial charge is 0.341 e. The number of para-hydroxylation sites is 1. The molecule has 0 atom stereocenters. The van der Waals surface area contributed by atoms with E-state index in [1.807, 2.05) is 0 Å². The van der Waals surface area contributed by atoms with Crippen molar-refractivity contribution in [2.45, 2.75) is 32.1 Å². The van der Waals surface area contributed by atoms with Crippen molar-refractivity contribution in [3.8, 4) is 5.75 Å². The van der Waals surface area contributed by atoms with Crippen molar-refractivity contribution in [3.05, 3.63) is 34.7 Å². The molecule has 1 saturated heterocycles. The molecule has 2 amide bonds. The molecule has 28 heavy (non-hydrogen) atoms. The lowest BCUT2D eigenvalue weighted by Crippen LogP contribution is -2.47. The van der Waals surface area contributed by atoms with Crippen molar-refractivity contribution in [1.82, 2.24) is 10.4 Å². The summed E-state index contributed by atoms with van der Waals surface area (Å²) >= 11 is 6.33. The quantitative estimate of drug-likeness (QED) is 0.539. The van der Waals surface area contributed by atoms with Crippen LogP contribution >= 0.6 is 24.0 Å². The highest BCUT2D eigenvalue weighted by molar-refractivity contribution is 8.26. The molecule has 0 aromatic heterocycles. The topological polar surface area (TPSA) is 95.9 Å². The Morgan fingerprint density at radius 3 is 2.71 bits per heavy atom. The Balaban J connectivity index is 1.72. The number of ether oxygens (including phenoxy) is 1. The van der Waals surface area contributed by atoms with Gasteiger partial charge in [-0.25, -0.2) is 4.79 Å². The first-order chi connectivity index (χ1) is 13.5. The summed E-state index contributed by atoms with van der Waals surface area (Å²) < 4.78 is 5.51. The second-order valence-corrected chi connectivity index (χ2v) is 8.22. The number of carboxylic acid groups (broad SMARTS) is 1. The van der Waals surface area contributed by atoms with Crippen LogP contribution in [0, 0.1) is 5.92 Å². The maximum atomic E-state index is 12.7. The number of benzene rings is 1. The van der Waals surface area contributed by atoms with E-state index >= 15 is 0 Å². The van der Waals surface area contributed by atoms with Crippen LogP contribution in [0.2, 0.25) is 0 Å². The van der Waals surface area contributed by atoms with Gasteiger partial charge in [-0.15, -0.1) is 0 Å². The number of hydrazine groups is 1. The molecule has 0 unspecified atom stereocenters. The van der Waals surface area contributed by atoms with E-state index in [9.17, 15) is 14.4 Å². The van der Waals surface area contributed by atoms with Crippen molar-refractivity contribution < 1.29 is 24.2 Å². The summed E-state index contributed by atoms with van der Waals surface area (Å²) in [6, 6.07) is 6.81. The molecule has 1 aliphatic carbocycles. The molecule has 0 radical (unpaired) electrons. The number of nitrogens with one attached hydrogen (secondary N) is 1. The highest BCUT2D eigenvalue weighted by atomic mass is 32.2. The number of thiocarbonyl (C=S) groups is 1. The summed E-state index contributed by atoms with van der Waals surface area (Å²) in [6.07, 6.45) is 6.41. The molecule has 1 aliphatic heterocycles. The Labute approximate surface area is 172 Å². The molecule has 7 nitrogen and oxygen atoms in total. The summed E-state index contributed by atoms with van der Waals surface area (Å²) in [4.78, 5) is 36.2. The summed E-state index contributed by atoms with van der Waals surface area (Å²) in [6.45, 7) is -0.483. The van der Waals surface area contributed by atoms with Crippen LogP contribution in [0.1, 0.15) is 37.7 Å². The molecule has 148 valence electrons. The average molecular weight is 421 g/mol. The van der Waals surface area contributed by atoms with Crippen LogP contribution in [0.5, 0.6) is 5.75 Å². The molecule has 2 aliphatic rings. The fourth-order valence-electron chi connectivity index (χ4n) is 3.14.